The maximum Gasteiger partial charge on any atom is 0.239 e. The van der Waals surface area contributed by atoms with E-state index in [9.17, 15) is 10.0 Å². The van der Waals surface area contributed by atoms with E-state index < -0.39 is 16.5 Å². The largest absolute Gasteiger partial charge is 0.599 e. The van der Waals surface area contributed by atoms with Crippen molar-refractivity contribution >= 4 is 5.91 Å². The molecule has 1 aliphatic heterocycles. The van der Waals surface area contributed by atoms with E-state index in [0.29, 0.717) is 25.7 Å². The number of hydrogen-bond donors (Lipinski definition) is 4. The molecule has 7 N–H and O–H groups in total. The summed E-state index contributed by atoms with van der Waals surface area (Å²) in [6.07, 6.45) is 4.45. The third-order valence-electron chi connectivity index (χ3n) is 3.73. The third kappa shape index (κ3) is 7.16. The highest BCUT2D eigenvalue weighted by atomic mass is 16.8. The summed E-state index contributed by atoms with van der Waals surface area (Å²) in [6, 6.07) is -0.480. The van der Waals surface area contributed by atoms with E-state index in [1.165, 1.54) is 0 Å². The molecule has 1 fully saturated rings. The molecule has 1 saturated heterocycles. The SMILES string of the molecule is C[N+]([O-])(O)CC(N)(N)CCCC[C@H](N)C(=O)N1CCCC1. The van der Waals surface area contributed by atoms with Crippen LogP contribution in [0.4, 0.5) is 0 Å². The van der Waals surface area contributed by atoms with E-state index in [-0.39, 0.29) is 12.5 Å². The van der Waals surface area contributed by atoms with Crippen LogP contribution in [0.25, 0.3) is 0 Å². The number of hydroxylamine groups is 4. The van der Waals surface area contributed by atoms with Crippen molar-refractivity contribution in [3.63, 3.8) is 0 Å². The van der Waals surface area contributed by atoms with Crippen LogP contribution < -0.4 is 17.2 Å². The summed E-state index contributed by atoms with van der Waals surface area (Å²) in [4.78, 5) is 12.3. The molecular formula is C13H29N5O3. The molecule has 0 saturated carbocycles. The highest BCUT2D eigenvalue weighted by Gasteiger charge is 2.27. The molecule has 8 heteroatoms. The Kier molecular flexibility index (Phi) is 6.51. The van der Waals surface area contributed by atoms with Crippen molar-refractivity contribution in [1.82, 2.24) is 4.90 Å². The quantitative estimate of drug-likeness (QED) is 0.205. The van der Waals surface area contributed by atoms with Gasteiger partial charge in [-0.25, -0.2) is 10.0 Å². The second-order valence-electron chi connectivity index (χ2n) is 6.33. The van der Waals surface area contributed by atoms with Crippen molar-refractivity contribution in [3.8, 4) is 0 Å². The summed E-state index contributed by atoms with van der Waals surface area (Å²) >= 11 is 0. The van der Waals surface area contributed by atoms with Crippen molar-refractivity contribution in [2.45, 2.75) is 50.2 Å². The number of carbonyl (C=O) groups is 1. The van der Waals surface area contributed by atoms with E-state index in [0.717, 1.165) is 33.0 Å². The van der Waals surface area contributed by atoms with Crippen LogP contribution in [0.15, 0.2) is 0 Å². The molecule has 2 atom stereocenters. The number of amides is 1. The zero-order valence-electron chi connectivity index (χ0n) is 12.8. The summed E-state index contributed by atoms with van der Waals surface area (Å²) in [7, 11) is 1.08. The fourth-order valence-electron chi connectivity index (χ4n) is 2.74. The standard InChI is InChI=1S/C13H29N5O3/c1-18(20,21)10-13(15,16)7-3-2-6-11(14)12(19)17-8-4-5-9-17/h11,20H,2-10,14-16H2,1H3/t11-/m0/s1. The lowest BCUT2D eigenvalue weighted by atomic mass is 10.0. The second-order valence-corrected chi connectivity index (χ2v) is 6.33. The Labute approximate surface area is 126 Å². The molecule has 8 nitrogen and oxygen atoms in total. The molecule has 1 heterocycles. The van der Waals surface area contributed by atoms with E-state index in [2.05, 4.69) is 0 Å². The van der Waals surface area contributed by atoms with Crippen LogP contribution in [-0.4, -0.2) is 59.2 Å². The lowest BCUT2D eigenvalue weighted by molar-refractivity contribution is -1.05. The lowest BCUT2D eigenvalue weighted by Crippen LogP contribution is -2.60. The molecule has 0 aromatic carbocycles. The number of quaternary nitrogens is 1. The maximum absolute atomic E-state index is 12.0. The fraction of sp³-hybridized carbons (Fsp3) is 0.923. The summed E-state index contributed by atoms with van der Waals surface area (Å²) < 4.78 is 0. The van der Waals surface area contributed by atoms with E-state index in [1.807, 2.05) is 4.90 Å². The van der Waals surface area contributed by atoms with Crippen LogP contribution in [0.3, 0.4) is 0 Å². The molecule has 0 aromatic rings. The average molecular weight is 303 g/mol. The fourth-order valence-corrected chi connectivity index (χ4v) is 2.74. The minimum atomic E-state index is -1.50. The van der Waals surface area contributed by atoms with Crippen molar-refractivity contribution in [2.24, 2.45) is 17.2 Å². The van der Waals surface area contributed by atoms with Crippen LogP contribution in [0.2, 0.25) is 0 Å². The Morgan fingerprint density at radius 2 is 1.95 bits per heavy atom. The smallest absolute Gasteiger partial charge is 0.239 e. The highest BCUT2D eigenvalue weighted by Crippen LogP contribution is 2.14. The van der Waals surface area contributed by atoms with Crippen molar-refractivity contribution in [3.05, 3.63) is 5.21 Å². The molecule has 1 unspecified atom stereocenters. The molecule has 1 rings (SSSR count). The predicted molar refractivity (Wildman–Crippen MR) is 79.6 cm³/mol. The number of nitrogens with two attached hydrogens (primary N) is 3. The van der Waals surface area contributed by atoms with Gasteiger partial charge < -0.3 is 27.3 Å². The first kappa shape index (κ1) is 18.3. The van der Waals surface area contributed by atoms with Gasteiger partial charge in [0.05, 0.1) is 13.1 Å². The Balaban J connectivity index is 2.22. The number of hydrogen-bond acceptors (Lipinski definition) is 6. The van der Waals surface area contributed by atoms with Crippen molar-refractivity contribution in [2.75, 3.05) is 26.7 Å². The summed E-state index contributed by atoms with van der Waals surface area (Å²) in [5.41, 5.74) is 16.2. The van der Waals surface area contributed by atoms with Crippen molar-refractivity contribution in [1.29, 1.82) is 0 Å². The summed E-state index contributed by atoms with van der Waals surface area (Å²) in [6.45, 7) is 1.33. The minimum Gasteiger partial charge on any atom is -0.599 e. The highest BCUT2D eigenvalue weighted by molar-refractivity contribution is 5.81. The molecule has 0 radical (unpaired) electrons. The summed E-state index contributed by atoms with van der Waals surface area (Å²) in [5, 5.41) is 20.3. The van der Waals surface area contributed by atoms with Gasteiger partial charge in [0.15, 0.2) is 0 Å². The molecule has 1 aliphatic rings. The molecule has 0 bridgehead atoms. The molecule has 0 spiro atoms. The van der Waals surface area contributed by atoms with Gasteiger partial charge in [-0.05, 0) is 32.1 Å². The van der Waals surface area contributed by atoms with E-state index >= 15 is 0 Å². The zero-order valence-corrected chi connectivity index (χ0v) is 12.8. The van der Waals surface area contributed by atoms with Crippen LogP contribution >= 0.6 is 0 Å². The van der Waals surface area contributed by atoms with Gasteiger partial charge in [0.1, 0.15) is 12.2 Å². The molecule has 0 aliphatic carbocycles. The Morgan fingerprint density at radius 3 is 2.48 bits per heavy atom. The summed E-state index contributed by atoms with van der Waals surface area (Å²) in [5.74, 6) is 0.0124. The number of rotatable bonds is 8. The first-order chi connectivity index (χ1) is 9.61. The number of likely N-dealkylation sites (tertiary alicyclic amines) is 1. The van der Waals surface area contributed by atoms with Crippen LogP contribution in [0, 0.1) is 5.21 Å². The van der Waals surface area contributed by atoms with Gasteiger partial charge in [0.25, 0.3) is 0 Å². The average Bonchev–Trinajstić information content (AvgIpc) is 2.84. The van der Waals surface area contributed by atoms with Gasteiger partial charge in [-0.1, -0.05) is 6.42 Å². The molecule has 124 valence electrons. The monoisotopic (exact) mass is 303 g/mol. The van der Waals surface area contributed by atoms with Gasteiger partial charge in [0, 0.05) is 13.1 Å². The van der Waals surface area contributed by atoms with Gasteiger partial charge in [0.2, 0.25) is 5.91 Å². The number of nitrogens with zero attached hydrogens (tertiary/aromatic N) is 2. The molecule has 21 heavy (non-hydrogen) atoms. The van der Waals surface area contributed by atoms with Crippen molar-refractivity contribution < 1.29 is 14.8 Å². The van der Waals surface area contributed by atoms with Crippen LogP contribution in [-0.2, 0) is 4.79 Å². The number of likely N-dealkylation sites (N-methyl/N-ethyl adjacent to an activating group) is 1. The Bertz CT molecular complexity index is 337. The predicted octanol–water partition coefficient (Wildman–Crippen LogP) is -0.556. The van der Waals surface area contributed by atoms with Crippen LogP contribution in [0.5, 0.6) is 0 Å². The Hall–Kier alpha value is -0.770. The molecular weight excluding hydrogens is 274 g/mol. The number of unbranched alkanes of at least 4 members (excludes halogenated alkanes) is 1. The van der Waals surface area contributed by atoms with Gasteiger partial charge in [-0.2, -0.15) is 0 Å². The minimum absolute atomic E-state index is 0.0124. The maximum atomic E-state index is 12.0. The van der Waals surface area contributed by atoms with Gasteiger partial charge >= 0.3 is 0 Å². The topological polar surface area (TPSA) is 142 Å². The first-order valence-corrected chi connectivity index (χ1v) is 7.52. The van der Waals surface area contributed by atoms with Gasteiger partial charge in [-0.3, -0.25) is 4.79 Å². The van der Waals surface area contributed by atoms with E-state index in [4.69, 9.17) is 22.4 Å². The van der Waals surface area contributed by atoms with Gasteiger partial charge in [-0.15, -0.1) is 0 Å². The van der Waals surface area contributed by atoms with Crippen LogP contribution in [0.1, 0.15) is 38.5 Å². The number of carbonyl (C=O) groups excluding carboxylic acids is 1. The second kappa shape index (κ2) is 7.48. The normalized spacial score (nSPS) is 20.4. The third-order valence-corrected chi connectivity index (χ3v) is 3.73. The lowest BCUT2D eigenvalue weighted by Gasteiger charge is -2.36. The Morgan fingerprint density at radius 1 is 1.38 bits per heavy atom. The molecule has 0 aromatic heterocycles. The zero-order chi connectivity index (χ0) is 16.1. The first-order valence-electron chi connectivity index (χ1n) is 7.52. The van der Waals surface area contributed by atoms with E-state index in [1.54, 1.807) is 0 Å². The molecule has 1 amide bonds.